The molecule has 2 fully saturated rings. The Kier molecular flexibility index (Phi) is 5.46. The third-order valence-electron chi connectivity index (χ3n) is 5.48. The second-order valence-electron chi connectivity index (χ2n) is 6.88. The SMILES string of the molecule is CON(C)S(=O)(=O)c1cccc(C(=O)N2CCCC3CCCCC32)c1. The lowest BCUT2D eigenvalue weighted by Crippen LogP contribution is -2.49. The summed E-state index contributed by atoms with van der Waals surface area (Å²) in [4.78, 5) is 19.9. The van der Waals surface area contributed by atoms with Crippen molar-refractivity contribution in [2.45, 2.75) is 49.5 Å². The van der Waals surface area contributed by atoms with E-state index in [1.165, 1.54) is 45.6 Å². The molecule has 2 aliphatic rings. The predicted octanol–water partition coefficient (Wildman–Crippen LogP) is 2.66. The molecule has 7 heteroatoms. The van der Waals surface area contributed by atoms with E-state index in [2.05, 4.69) is 0 Å². The summed E-state index contributed by atoms with van der Waals surface area (Å²) in [5, 5.41) is 0. The molecule has 1 saturated heterocycles. The molecule has 1 heterocycles. The van der Waals surface area contributed by atoms with Gasteiger partial charge < -0.3 is 4.90 Å². The summed E-state index contributed by atoms with van der Waals surface area (Å²) in [5.41, 5.74) is 0.428. The Balaban J connectivity index is 1.86. The first-order valence-corrected chi connectivity index (χ1v) is 10.3. The predicted molar refractivity (Wildman–Crippen MR) is 94.4 cm³/mol. The van der Waals surface area contributed by atoms with E-state index in [1.807, 2.05) is 4.90 Å². The number of carbonyl (C=O) groups excluding carboxylic acids is 1. The normalized spacial score (nSPS) is 24.2. The summed E-state index contributed by atoms with van der Waals surface area (Å²) >= 11 is 0. The molecule has 6 nitrogen and oxygen atoms in total. The van der Waals surface area contributed by atoms with Gasteiger partial charge >= 0.3 is 0 Å². The molecule has 1 aromatic rings. The second kappa shape index (κ2) is 7.43. The Labute approximate surface area is 149 Å². The standard InChI is InChI=1S/C18H26N2O4S/c1-19(24-2)25(22,23)16-10-5-8-15(13-16)18(21)20-12-6-9-14-7-3-4-11-17(14)20/h5,8,10,13-14,17H,3-4,6-7,9,11-12H2,1-2H3. The van der Waals surface area contributed by atoms with Crippen molar-refractivity contribution in [2.24, 2.45) is 5.92 Å². The van der Waals surface area contributed by atoms with Crippen molar-refractivity contribution >= 4 is 15.9 Å². The molecule has 1 amide bonds. The fraction of sp³-hybridized carbons (Fsp3) is 0.611. The number of hydroxylamine groups is 1. The molecule has 0 radical (unpaired) electrons. The van der Waals surface area contributed by atoms with Crippen LogP contribution >= 0.6 is 0 Å². The Morgan fingerprint density at radius 2 is 1.92 bits per heavy atom. The summed E-state index contributed by atoms with van der Waals surface area (Å²) in [5.74, 6) is 0.534. The van der Waals surface area contributed by atoms with Crippen LogP contribution < -0.4 is 0 Å². The number of nitrogens with zero attached hydrogens (tertiary/aromatic N) is 2. The molecular formula is C18H26N2O4S. The number of sulfonamides is 1. The van der Waals surface area contributed by atoms with Gasteiger partial charge in [-0.05, 0) is 49.8 Å². The molecule has 1 aromatic carbocycles. The fourth-order valence-electron chi connectivity index (χ4n) is 4.08. The quantitative estimate of drug-likeness (QED) is 0.769. The van der Waals surface area contributed by atoms with Crippen LogP contribution in [-0.2, 0) is 14.9 Å². The number of rotatable bonds is 4. The summed E-state index contributed by atoms with van der Waals surface area (Å²) in [6.45, 7) is 0.759. The monoisotopic (exact) mass is 366 g/mol. The molecule has 25 heavy (non-hydrogen) atoms. The maximum absolute atomic E-state index is 13.1. The van der Waals surface area contributed by atoms with Gasteiger partial charge in [0.2, 0.25) is 0 Å². The van der Waals surface area contributed by atoms with Crippen molar-refractivity contribution < 1.29 is 18.0 Å². The molecule has 3 rings (SSSR count). The highest BCUT2D eigenvalue weighted by Crippen LogP contribution is 2.36. The Hall–Kier alpha value is -1.44. The van der Waals surface area contributed by atoms with Crippen LogP contribution in [0.4, 0.5) is 0 Å². The third-order valence-corrected chi connectivity index (χ3v) is 7.15. The van der Waals surface area contributed by atoms with Gasteiger partial charge in [0.1, 0.15) is 0 Å². The minimum absolute atomic E-state index is 0.0614. The van der Waals surface area contributed by atoms with Crippen LogP contribution in [0.15, 0.2) is 29.2 Å². The number of hydrogen-bond donors (Lipinski definition) is 0. The van der Waals surface area contributed by atoms with Gasteiger partial charge in [0.05, 0.1) is 12.0 Å². The van der Waals surface area contributed by atoms with E-state index >= 15 is 0 Å². The maximum Gasteiger partial charge on any atom is 0.264 e. The molecule has 1 aliphatic heterocycles. The van der Waals surface area contributed by atoms with E-state index in [-0.39, 0.29) is 10.8 Å². The first-order chi connectivity index (χ1) is 11.9. The van der Waals surface area contributed by atoms with Gasteiger partial charge in [0.25, 0.3) is 15.9 Å². The van der Waals surface area contributed by atoms with E-state index in [9.17, 15) is 13.2 Å². The van der Waals surface area contributed by atoms with Gasteiger partial charge in [-0.25, -0.2) is 8.42 Å². The van der Waals surface area contributed by atoms with Crippen LogP contribution in [0.5, 0.6) is 0 Å². The highest BCUT2D eigenvalue weighted by atomic mass is 32.2. The zero-order valence-corrected chi connectivity index (χ0v) is 15.7. The lowest BCUT2D eigenvalue weighted by molar-refractivity contribution is -0.0258. The molecule has 2 atom stereocenters. The molecule has 1 saturated carbocycles. The topological polar surface area (TPSA) is 66.9 Å². The van der Waals surface area contributed by atoms with Crippen LogP contribution in [0.3, 0.4) is 0 Å². The van der Waals surface area contributed by atoms with Gasteiger partial charge in [-0.15, -0.1) is 0 Å². The van der Waals surface area contributed by atoms with Gasteiger partial charge in [-0.3, -0.25) is 9.63 Å². The minimum atomic E-state index is -3.76. The molecule has 0 bridgehead atoms. The number of fused-ring (bicyclic) bond motifs is 1. The van der Waals surface area contributed by atoms with Crippen molar-refractivity contribution in [3.63, 3.8) is 0 Å². The summed E-state index contributed by atoms with van der Waals surface area (Å²) in [6, 6.07) is 6.56. The highest BCUT2D eigenvalue weighted by Gasteiger charge is 2.36. The van der Waals surface area contributed by atoms with Crippen LogP contribution in [0, 0.1) is 5.92 Å². The van der Waals surface area contributed by atoms with Gasteiger partial charge in [-0.2, -0.15) is 0 Å². The number of benzene rings is 1. The number of piperidine rings is 1. The van der Waals surface area contributed by atoms with Crippen molar-refractivity contribution in [1.82, 2.24) is 9.37 Å². The van der Waals surface area contributed by atoms with Gasteiger partial charge in [-0.1, -0.05) is 23.4 Å². The molecule has 0 N–H and O–H groups in total. The molecule has 0 aromatic heterocycles. The highest BCUT2D eigenvalue weighted by molar-refractivity contribution is 7.89. The Bertz CT molecular complexity index is 732. The smallest absolute Gasteiger partial charge is 0.264 e. The van der Waals surface area contributed by atoms with E-state index in [0.29, 0.717) is 17.5 Å². The Morgan fingerprint density at radius 1 is 1.20 bits per heavy atom. The van der Waals surface area contributed by atoms with E-state index in [0.717, 1.165) is 30.3 Å². The van der Waals surface area contributed by atoms with Crippen molar-refractivity contribution in [3.8, 4) is 0 Å². The van der Waals surface area contributed by atoms with Crippen molar-refractivity contribution in [3.05, 3.63) is 29.8 Å². The fourth-order valence-corrected chi connectivity index (χ4v) is 5.10. The van der Waals surface area contributed by atoms with E-state index < -0.39 is 10.0 Å². The third kappa shape index (κ3) is 3.59. The zero-order valence-electron chi connectivity index (χ0n) is 14.8. The molecule has 138 valence electrons. The van der Waals surface area contributed by atoms with Crippen molar-refractivity contribution in [2.75, 3.05) is 20.7 Å². The summed E-state index contributed by atoms with van der Waals surface area (Å²) in [6.07, 6.45) is 6.89. The lowest BCUT2D eigenvalue weighted by atomic mass is 9.78. The molecule has 0 spiro atoms. The zero-order chi connectivity index (χ0) is 18.0. The minimum Gasteiger partial charge on any atom is -0.335 e. The molecule has 1 aliphatic carbocycles. The van der Waals surface area contributed by atoms with Gasteiger partial charge in [0, 0.05) is 25.2 Å². The number of hydrogen-bond acceptors (Lipinski definition) is 4. The number of carbonyl (C=O) groups is 1. The maximum atomic E-state index is 13.1. The summed E-state index contributed by atoms with van der Waals surface area (Å²) in [7, 11) is -1.13. The number of likely N-dealkylation sites (tertiary alicyclic amines) is 1. The van der Waals surface area contributed by atoms with Crippen LogP contribution in [0.1, 0.15) is 48.9 Å². The number of amides is 1. The largest absolute Gasteiger partial charge is 0.335 e. The average Bonchev–Trinajstić information content (AvgIpc) is 2.66. The van der Waals surface area contributed by atoms with Crippen LogP contribution in [0.25, 0.3) is 0 Å². The Morgan fingerprint density at radius 3 is 2.68 bits per heavy atom. The lowest BCUT2D eigenvalue weighted by Gasteiger charge is -2.44. The average molecular weight is 366 g/mol. The summed E-state index contributed by atoms with van der Waals surface area (Å²) < 4.78 is 25.6. The first-order valence-electron chi connectivity index (χ1n) is 8.89. The van der Waals surface area contributed by atoms with E-state index in [4.69, 9.17) is 4.84 Å². The first kappa shape index (κ1) is 18.4. The van der Waals surface area contributed by atoms with Crippen LogP contribution in [-0.4, -0.2) is 50.4 Å². The van der Waals surface area contributed by atoms with Gasteiger partial charge in [0.15, 0.2) is 0 Å². The van der Waals surface area contributed by atoms with Crippen molar-refractivity contribution in [1.29, 1.82) is 0 Å². The molecular weight excluding hydrogens is 340 g/mol. The van der Waals surface area contributed by atoms with E-state index in [1.54, 1.807) is 12.1 Å². The second-order valence-corrected chi connectivity index (χ2v) is 8.81. The molecule has 2 unspecified atom stereocenters. The van der Waals surface area contributed by atoms with Crippen LogP contribution in [0.2, 0.25) is 0 Å².